The third-order valence-corrected chi connectivity index (χ3v) is 3.85. The maximum atomic E-state index is 12.6. The van der Waals surface area contributed by atoms with Crippen molar-refractivity contribution in [3.8, 4) is 5.69 Å². The van der Waals surface area contributed by atoms with Crippen LogP contribution in [-0.4, -0.2) is 9.78 Å². The molecule has 0 spiro atoms. The average Bonchev–Trinajstić information content (AvgIpc) is 2.85. The number of fused-ring (bicyclic) bond motifs is 3. The van der Waals surface area contributed by atoms with Gasteiger partial charge in [0.2, 0.25) is 0 Å². The summed E-state index contributed by atoms with van der Waals surface area (Å²) in [6.07, 6.45) is 0. The van der Waals surface area contributed by atoms with Crippen LogP contribution in [0.2, 0.25) is 0 Å². The molecular formula is C18H14N2O. The van der Waals surface area contributed by atoms with Crippen LogP contribution in [-0.2, 0) is 0 Å². The highest BCUT2D eigenvalue weighted by Crippen LogP contribution is 2.22. The van der Waals surface area contributed by atoms with Crippen LogP contribution in [0.3, 0.4) is 0 Å². The zero-order chi connectivity index (χ0) is 14.4. The first-order valence-corrected chi connectivity index (χ1v) is 6.93. The van der Waals surface area contributed by atoms with Crippen molar-refractivity contribution in [2.75, 3.05) is 0 Å². The summed E-state index contributed by atoms with van der Waals surface area (Å²) in [7, 11) is 0. The van der Waals surface area contributed by atoms with Crippen molar-refractivity contribution in [3.05, 3.63) is 76.6 Å². The van der Waals surface area contributed by atoms with Gasteiger partial charge in [-0.3, -0.25) is 9.89 Å². The zero-order valence-electron chi connectivity index (χ0n) is 11.6. The first-order valence-electron chi connectivity index (χ1n) is 6.93. The van der Waals surface area contributed by atoms with Crippen LogP contribution in [0.1, 0.15) is 5.56 Å². The highest BCUT2D eigenvalue weighted by atomic mass is 16.1. The minimum atomic E-state index is -0.0126. The molecule has 4 aromatic rings. The predicted octanol–water partition coefficient (Wildman–Crippen LogP) is 3.78. The largest absolute Gasteiger partial charge is 0.290 e. The van der Waals surface area contributed by atoms with Gasteiger partial charge in [0, 0.05) is 5.39 Å². The van der Waals surface area contributed by atoms with Gasteiger partial charge < -0.3 is 0 Å². The van der Waals surface area contributed by atoms with Crippen LogP contribution in [0.15, 0.2) is 65.5 Å². The van der Waals surface area contributed by atoms with E-state index < -0.39 is 0 Å². The molecule has 0 radical (unpaired) electrons. The van der Waals surface area contributed by atoms with Crippen LogP contribution in [0.4, 0.5) is 0 Å². The molecule has 102 valence electrons. The third kappa shape index (κ3) is 1.78. The van der Waals surface area contributed by atoms with Crippen molar-refractivity contribution in [2.24, 2.45) is 0 Å². The molecule has 3 heteroatoms. The molecule has 21 heavy (non-hydrogen) atoms. The van der Waals surface area contributed by atoms with E-state index in [0.29, 0.717) is 0 Å². The van der Waals surface area contributed by atoms with Gasteiger partial charge in [0.25, 0.3) is 5.56 Å². The van der Waals surface area contributed by atoms with Crippen LogP contribution >= 0.6 is 0 Å². The van der Waals surface area contributed by atoms with E-state index in [1.54, 1.807) is 4.68 Å². The van der Waals surface area contributed by atoms with Crippen LogP contribution in [0.5, 0.6) is 0 Å². The molecule has 1 heterocycles. The Morgan fingerprint density at radius 2 is 1.76 bits per heavy atom. The molecule has 3 aromatic carbocycles. The highest BCUT2D eigenvalue weighted by molar-refractivity contribution is 6.04. The molecule has 0 saturated carbocycles. The topological polar surface area (TPSA) is 37.8 Å². The normalized spacial score (nSPS) is 11.3. The van der Waals surface area contributed by atoms with Crippen molar-refractivity contribution in [1.82, 2.24) is 9.78 Å². The van der Waals surface area contributed by atoms with E-state index in [0.717, 1.165) is 32.9 Å². The molecule has 1 N–H and O–H groups in total. The summed E-state index contributed by atoms with van der Waals surface area (Å²) < 4.78 is 1.62. The number of aromatic nitrogens is 2. The fraction of sp³-hybridized carbons (Fsp3) is 0.0556. The van der Waals surface area contributed by atoms with Gasteiger partial charge in [-0.15, -0.1) is 0 Å². The second kappa shape index (κ2) is 4.35. The Balaban J connectivity index is 2.10. The van der Waals surface area contributed by atoms with E-state index in [-0.39, 0.29) is 5.56 Å². The van der Waals surface area contributed by atoms with E-state index >= 15 is 0 Å². The molecule has 0 amide bonds. The number of aromatic amines is 1. The second-order valence-corrected chi connectivity index (χ2v) is 5.30. The Morgan fingerprint density at radius 1 is 0.905 bits per heavy atom. The minimum Gasteiger partial charge on any atom is -0.290 e. The van der Waals surface area contributed by atoms with E-state index in [2.05, 4.69) is 11.2 Å². The standard InChI is InChI=1S/C18H14N2O/c1-12-5-4-7-14(11-12)20-18(21)16-10-9-13-6-2-3-8-15(13)17(16)19-20/h2-11,19H,1H3. The Bertz CT molecular complexity index is 1020. The molecule has 4 rings (SSSR count). The number of hydrogen-bond acceptors (Lipinski definition) is 1. The summed E-state index contributed by atoms with van der Waals surface area (Å²) in [6, 6.07) is 19.9. The summed E-state index contributed by atoms with van der Waals surface area (Å²) in [6.45, 7) is 2.02. The molecule has 0 fully saturated rings. The number of benzene rings is 3. The number of rotatable bonds is 1. The third-order valence-electron chi connectivity index (χ3n) is 3.85. The first-order chi connectivity index (χ1) is 10.2. The van der Waals surface area contributed by atoms with Gasteiger partial charge in [0.15, 0.2) is 0 Å². The lowest BCUT2D eigenvalue weighted by Gasteiger charge is -2.02. The van der Waals surface area contributed by atoms with Gasteiger partial charge in [0.05, 0.1) is 16.6 Å². The van der Waals surface area contributed by atoms with Crippen molar-refractivity contribution in [3.63, 3.8) is 0 Å². The van der Waals surface area contributed by atoms with E-state index in [1.807, 2.05) is 61.5 Å². The molecule has 3 nitrogen and oxygen atoms in total. The number of hydrogen-bond donors (Lipinski definition) is 1. The van der Waals surface area contributed by atoms with Crippen LogP contribution in [0, 0.1) is 6.92 Å². The van der Waals surface area contributed by atoms with Crippen molar-refractivity contribution >= 4 is 21.7 Å². The molecule has 0 bridgehead atoms. The second-order valence-electron chi connectivity index (χ2n) is 5.30. The van der Waals surface area contributed by atoms with E-state index in [4.69, 9.17) is 0 Å². The zero-order valence-corrected chi connectivity index (χ0v) is 11.6. The summed E-state index contributed by atoms with van der Waals surface area (Å²) in [5.74, 6) is 0. The van der Waals surface area contributed by atoms with E-state index in [1.165, 1.54) is 0 Å². The number of nitrogens with one attached hydrogen (secondary N) is 1. The lowest BCUT2D eigenvalue weighted by molar-refractivity contribution is 0.863. The predicted molar refractivity (Wildman–Crippen MR) is 86.1 cm³/mol. The molecule has 0 aliphatic heterocycles. The monoisotopic (exact) mass is 274 g/mol. The van der Waals surface area contributed by atoms with Crippen molar-refractivity contribution in [2.45, 2.75) is 6.92 Å². The molecule has 1 aromatic heterocycles. The Hall–Kier alpha value is -2.81. The summed E-state index contributed by atoms with van der Waals surface area (Å²) in [5.41, 5.74) is 2.86. The quantitative estimate of drug-likeness (QED) is 0.563. The van der Waals surface area contributed by atoms with Gasteiger partial charge in [-0.25, -0.2) is 4.68 Å². The van der Waals surface area contributed by atoms with Crippen LogP contribution < -0.4 is 5.56 Å². The summed E-state index contributed by atoms with van der Waals surface area (Å²) in [5, 5.41) is 6.17. The molecule has 0 atom stereocenters. The molecule has 0 aliphatic rings. The van der Waals surface area contributed by atoms with Crippen molar-refractivity contribution < 1.29 is 0 Å². The minimum absolute atomic E-state index is 0.0126. The maximum Gasteiger partial charge on any atom is 0.279 e. The number of nitrogens with zero attached hydrogens (tertiary/aromatic N) is 1. The number of H-pyrrole nitrogens is 1. The van der Waals surface area contributed by atoms with Crippen LogP contribution in [0.25, 0.3) is 27.4 Å². The SMILES string of the molecule is Cc1cccc(-n2[nH]c3c(ccc4ccccc43)c2=O)c1. The fourth-order valence-electron chi connectivity index (χ4n) is 2.80. The molecule has 0 unspecified atom stereocenters. The van der Waals surface area contributed by atoms with Gasteiger partial charge in [-0.1, -0.05) is 42.5 Å². The highest BCUT2D eigenvalue weighted by Gasteiger charge is 2.10. The molecule has 0 saturated heterocycles. The maximum absolute atomic E-state index is 12.6. The average molecular weight is 274 g/mol. The van der Waals surface area contributed by atoms with Crippen molar-refractivity contribution in [1.29, 1.82) is 0 Å². The van der Waals surface area contributed by atoms with Gasteiger partial charge >= 0.3 is 0 Å². The number of aryl methyl sites for hydroxylation is 1. The summed E-state index contributed by atoms with van der Waals surface area (Å²) >= 11 is 0. The van der Waals surface area contributed by atoms with Gasteiger partial charge in [-0.05, 0) is 36.1 Å². The first kappa shape index (κ1) is 12.0. The summed E-state index contributed by atoms with van der Waals surface area (Å²) in [4.78, 5) is 12.6. The van der Waals surface area contributed by atoms with Gasteiger partial charge in [0.1, 0.15) is 0 Å². The lowest BCUT2D eigenvalue weighted by Crippen LogP contribution is -2.14. The van der Waals surface area contributed by atoms with Gasteiger partial charge in [-0.2, -0.15) is 0 Å². The fourth-order valence-corrected chi connectivity index (χ4v) is 2.80. The Labute approximate surface area is 121 Å². The van der Waals surface area contributed by atoms with E-state index in [9.17, 15) is 4.79 Å². The Morgan fingerprint density at radius 3 is 2.62 bits per heavy atom. The lowest BCUT2D eigenvalue weighted by atomic mass is 10.1. The smallest absolute Gasteiger partial charge is 0.279 e. The Kier molecular flexibility index (Phi) is 2.48. The molecule has 0 aliphatic carbocycles. The molecular weight excluding hydrogens is 260 g/mol.